The second kappa shape index (κ2) is 19.5. The Balaban J connectivity index is 1.53. The third-order valence-corrected chi connectivity index (χ3v) is 8.38. The van der Waals surface area contributed by atoms with Gasteiger partial charge in [0, 0.05) is 37.9 Å². The van der Waals surface area contributed by atoms with E-state index in [1.807, 2.05) is 121 Å². The van der Waals surface area contributed by atoms with E-state index in [0.717, 1.165) is 34.9 Å². The highest BCUT2D eigenvalue weighted by Crippen LogP contribution is 2.18. The van der Waals surface area contributed by atoms with E-state index >= 15 is 0 Å². The second-order valence-corrected chi connectivity index (χ2v) is 12.1. The average Bonchev–Trinajstić information content (AvgIpc) is 3.13. The molecule has 49 heavy (non-hydrogen) atoms. The summed E-state index contributed by atoms with van der Waals surface area (Å²) in [5, 5.41) is 19.0. The van der Waals surface area contributed by atoms with Gasteiger partial charge in [-0.2, -0.15) is 10.2 Å². The van der Waals surface area contributed by atoms with Crippen molar-refractivity contribution < 1.29 is 18.0 Å². The maximum absolute atomic E-state index is 14.1. The number of nitrogens with zero attached hydrogens (tertiary/aromatic N) is 2. The number of hydrogen-bond acceptors (Lipinski definition) is 10. The topological polar surface area (TPSA) is 165 Å². The van der Waals surface area contributed by atoms with Crippen LogP contribution in [0.1, 0.15) is 11.1 Å². The number of amides is 2. The second-order valence-electron chi connectivity index (χ2n) is 10.3. The molecule has 0 heterocycles. The third-order valence-electron chi connectivity index (χ3n) is 6.62. The molecule has 2 amide bonds. The van der Waals surface area contributed by atoms with E-state index in [1.54, 1.807) is 0 Å². The molecule has 4 aromatic rings. The largest absolute Gasteiger partial charge is 0.386 e. The molecule has 0 radical (unpaired) electrons. The van der Waals surface area contributed by atoms with E-state index in [9.17, 15) is 18.0 Å². The van der Waals surface area contributed by atoms with Crippen molar-refractivity contribution in [2.24, 2.45) is 10.2 Å². The fourth-order valence-electron chi connectivity index (χ4n) is 4.17. The van der Waals surface area contributed by atoms with Crippen LogP contribution in [-0.4, -0.2) is 45.8 Å². The van der Waals surface area contributed by atoms with E-state index in [2.05, 4.69) is 42.3 Å². The monoisotopic (exact) mass is 678 g/mol. The molecular formula is C36H38N8O4S. The summed E-state index contributed by atoms with van der Waals surface area (Å²) in [6, 6.07) is 36.9. The number of carbonyl (C=O) groups excluding carboxylic acids is 2. The molecule has 0 saturated carbocycles. The van der Waals surface area contributed by atoms with Gasteiger partial charge in [0.15, 0.2) is 9.81 Å². The Morgan fingerprint density at radius 1 is 0.531 bits per heavy atom. The number of sulfone groups is 1. The standard InChI is InChI=1S/C36H38N8O4S/c45-35(39-21-23-41-43-31-17-9-3-10-18-31)33(27-37-25-29-13-5-1-6-14-29)49(47,48)34(28-38-26-30-15-7-2-8-16-30)36(46)40-22-24-42-44-32-19-11-4-12-20-32/h1-20,23-24,27-28,37-38,43-44H,21-22,25-26H2,(H,39,45)(H,40,46)/b33-27+,34-28+,41-23+,42-24+. The van der Waals surface area contributed by atoms with Crippen molar-refractivity contribution >= 4 is 45.5 Å². The fourth-order valence-corrected chi connectivity index (χ4v) is 5.52. The first-order valence-corrected chi connectivity index (χ1v) is 16.8. The Morgan fingerprint density at radius 2 is 0.878 bits per heavy atom. The maximum atomic E-state index is 14.1. The molecule has 0 saturated heterocycles. The molecule has 252 valence electrons. The van der Waals surface area contributed by atoms with E-state index in [0.29, 0.717) is 0 Å². The van der Waals surface area contributed by atoms with Crippen LogP contribution in [0.25, 0.3) is 0 Å². The fraction of sp³-hybridized carbons (Fsp3) is 0.111. The van der Waals surface area contributed by atoms with Gasteiger partial charge in [-0.25, -0.2) is 8.42 Å². The van der Waals surface area contributed by atoms with Crippen LogP contribution in [0.5, 0.6) is 0 Å². The van der Waals surface area contributed by atoms with Crippen molar-refractivity contribution in [2.75, 3.05) is 23.9 Å². The van der Waals surface area contributed by atoms with Gasteiger partial charge in [-0.3, -0.25) is 20.4 Å². The number of nitrogens with one attached hydrogen (secondary N) is 6. The molecule has 0 unspecified atom stereocenters. The minimum Gasteiger partial charge on any atom is -0.386 e. The van der Waals surface area contributed by atoms with Crippen LogP contribution in [-0.2, 0) is 32.5 Å². The maximum Gasteiger partial charge on any atom is 0.265 e. The van der Waals surface area contributed by atoms with Gasteiger partial charge in [0.05, 0.1) is 24.5 Å². The summed E-state index contributed by atoms with van der Waals surface area (Å²) < 4.78 is 28.2. The van der Waals surface area contributed by atoms with Gasteiger partial charge >= 0.3 is 0 Å². The van der Waals surface area contributed by atoms with Gasteiger partial charge in [0.1, 0.15) is 0 Å². The van der Waals surface area contributed by atoms with Gasteiger partial charge < -0.3 is 21.3 Å². The van der Waals surface area contributed by atoms with Crippen molar-refractivity contribution in [3.05, 3.63) is 155 Å². The minimum absolute atomic E-state index is 0.0907. The van der Waals surface area contributed by atoms with Gasteiger partial charge in [-0.15, -0.1) is 0 Å². The number of para-hydroxylation sites is 2. The molecule has 4 rings (SSSR count). The summed E-state index contributed by atoms with van der Waals surface area (Å²) in [4.78, 5) is 25.6. The molecule has 0 aromatic heterocycles. The summed E-state index contributed by atoms with van der Waals surface area (Å²) in [5.41, 5.74) is 8.84. The molecule has 12 nitrogen and oxygen atoms in total. The highest BCUT2D eigenvalue weighted by atomic mass is 32.2. The molecule has 6 N–H and O–H groups in total. The average molecular weight is 679 g/mol. The lowest BCUT2D eigenvalue weighted by molar-refractivity contribution is -0.117. The Kier molecular flexibility index (Phi) is 14.1. The lowest BCUT2D eigenvalue weighted by Gasteiger charge is -2.14. The number of hydrazone groups is 2. The van der Waals surface area contributed by atoms with Crippen molar-refractivity contribution in [1.29, 1.82) is 0 Å². The lowest BCUT2D eigenvalue weighted by Crippen LogP contribution is -2.36. The molecule has 0 aliphatic carbocycles. The molecule has 0 aliphatic rings. The molecule has 0 fully saturated rings. The zero-order chi connectivity index (χ0) is 34.6. The zero-order valence-corrected chi connectivity index (χ0v) is 27.4. The highest BCUT2D eigenvalue weighted by molar-refractivity contribution is 8.00. The molecule has 4 aromatic carbocycles. The normalized spacial score (nSPS) is 12.0. The molecule has 0 atom stereocenters. The predicted molar refractivity (Wildman–Crippen MR) is 195 cm³/mol. The summed E-state index contributed by atoms with van der Waals surface area (Å²) in [6.07, 6.45) is 4.97. The van der Waals surface area contributed by atoms with Crippen LogP contribution in [0.15, 0.2) is 154 Å². The summed E-state index contributed by atoms with van der Waals surface area (Å²) in [7, 11) is -4.69. The third kappa shape index (κ3) is 12.2. The first-order valence-electron chi connectivity index (χ1n) is 15.3. The van der Waals surface area contributed by atoms with Crippen LogP contribution in [0.4, 0.5) is 11.4 Å². The van der Waals surface area contributed by atoms with Gasteiger partial charge in [-0.1, -0.05) is 97.1 Å². The first kappa shape index (κ1) is 35.6. The van der Waals surface area contributed by atoms with Gasteiger partial charge in [0.25, 0.3) is 11.8 Å². The van der Waals surface area contributed by atoms with Gasteiger partial charge in [0.2, 0.25) is 9.84 Å². The Morgan fingerprint density at radius 3 is 1.24 bits per heavy atom. The Labute approximate surface area is 286 Å². The zero-order valence-electron chi connectivity index (χ0n) is 26.6. The number of rotatable bonds is 18. The van der Waals surface area contributed by atoms with Crippen molar-refractivity contribution in [3.8, 4) is 0 Å². The van der Waals surface area contributed by atoms with Crippen LogP contribution < -0.4 is 32.1 Å². The molecular weight excluding hydrogens is 641 g/mol. The van der Waals surface area contributed by atoms with Gasteiger partial charge in [-0.05, 0) is 35.4 Å². The summed E-state index contributed by atoms with van der Waals surface area (Å²) >= 11 is 0. The van der Waals surface area contributed by atoms with Crippen LogP contribution in [0.3, 0.4) is 0 Å². The molecule has 13 heteroatoms. The number of benzene rings is 4. The highest BCUT2D eigenvalue weighted by Gasteiger charge is 2.33. The van der Waals surface area contributed by atoms with Crippen LogP contribution >= 0.6 is 0 Å². The quantitative estimate of drug-likeness (QED) is 0.0521. The smallest absolute Gasteiger partial charge is 0.265 e. The van der Waals surface area contributed by atoms with Crippen molar-refractivity contribution in [3.63, 3.8) is 0 Å². The Bertz CT molecular complexity index is 1720. The SMILES string of the molecule is O=C(NC/C=N/Nc1ccccc1)/C(=C\NCc1ccccc1)S(=O)(=O)/C(=C/NCc1ccccc1)C(=O)NC/C=N/Nc1ccccc1. The van der Waals surface area contributed by atoms with Crippen molar-refractivity contribution in [1.82, 2.24) is 21.3 Å². The Hall–Kier alpha value is -6.21. The summed E-state index contributed by atoms with van der Waals surface area (Å²) in [5.74, 6) is -1.86. The molecule has 0 bridgehead atoms. The lowest BCUT2D eigenvalue weighted by atomic mass is 10.2. The number of anilines is 2. The molecule has 0 aliphatic heterocycles. The van der Waals surface area contributed by atoms with Crippen molar-refractivity contribution in [2.45, 2.75) is 13.1 Å². The van der Waals surface area contributed by atoms with Crippen LogP contribution in [0, 0.1) is 0 Å². The summed E-state index contributed by atoms with van der Waals surface area (Å²) in [6.45, 7) is 0.287. The molecule has 0 spiro atoms. The van der Waals surface area contributed by atoms with E-state index in [-0.39, 0.29) is 26.2 Å². The predicted octanol–water partition coefficient (Wildman–Crippen LogP) is 4.09. The van der Waals surface area contributed by atoms with E-state index in [4.69, 9.17) is 0 Å². The van der Waals surface area contributed by atoms with Crippen LogP contribution in [0.2, 0.25) is 0 Å². The minimum atomic E-state index is -4.69. The number of carbonyl (C=O) groups is 2. The van der Waals surface area contributed by atoms with E-state index < -0.39 is 31.5 Å². The number of hydrogen-bond donors (Lipinski definition) is 6. The first-order chi connectivity index (χ1) is 23.9. The van der Waals surface area contributed by atoms with E-state index in [1.165, 1.54) is 12.4 Å².